The Kier molecular flexibility index (Phi) is 4.88. The molecule has 4 nitrogen and oxygen atoms in total. The lowest BCUT2D eigenvalue weighted by Gasteiger charge is -2.32. The summed E-state index contributed by atoms with van der Waals surface area (Å²) in [6, 6.07) is 5.27. The van der Waals surface area contributed by atoms with Crippen LogP contribution in [0.3, 0.4) is 0 Å². The third kappa shape index (κ3) is 3.44. The highest BCUT2D eigenvalue weighted by atomic mass is 16.5. The Morgan fingerprint density at radius 2 is 2.10 bits per heavy atom. The van der Waals surface area contributed by atoms with Gasteiger partial charge in [-0.15, -0.1) is 0 Å². The van der Waals surface area contributed by atoms with Crippen molar-refractivity contribution in [3.8, 4) is 5.75 Å². The number of nitrogens with zero attached hydrogens (tertiary/aromatic N) is 1. The zero-order valence-corrected chi connectivity index (χ0v) is 12.4. The van der Waals surface area contributed by atoms with Crippen molar-refractivity contribution >= 4 is 11.6 Å². The topological polar surface area (TPSA) is 55.6 Å². The predicted molar refractivity (Wildman–Crippen MR) is 80.9 cm³/mol. The van der Waals surface area contributed by atoms with Gasteiger partial charge in [0.25, 0.3) is 5.91 Å². The first-order valence-electron chi connectivity index (χ1n) is 7.46. The van der Waals surface area contributed by atoms with Crippen molar-refractivity contribution in [2.45, 2.75) is 33.1 Å². The Hall–Kier alpha value is -1.71. The van der Waals surface area contributed by atoms with Crippen LogP contribution in [0.25, 0.3) is 0 Å². The van der Waals surface area contributed by atoms with Gasteiger partial charge in [0.1, 0.15) is 5.75 Å². The summed E-state index contributed by atoms with van der Waals surface area (Å²) in [5.74, 6) is 1.38. The van der Waals surface area contributed by atoms with E-state index in [0.29, 0.717) is 29.5 Å². The summed E-state index contributed by atoms with van der Waals surface area (Å²) in [7, 11) is 0. The molecule has 2 N–H and O–H groups in total. The second-order valence-corrected chi connectivity index (χ2v) is 5.36. The quantitative estimate of drug-likeness (QED) is 0.813. The monoisotopic (exact) mass is 276 g/mol. The molecule has 0 aliphatic heterocycles. The molecule has 20 heavy (non-hydrogen) atoms. The average molecular weight is 276 g/mol. The number of anilines is 1. The van der Waals surface area contributed by atoms with Crippen molar-refractivity contribution < 1.29 is 9.53 Å². The van der Waals surface area contributed by atoms with E-state index < -0.39 is 0 Å². The first kappa shape index (κ1) is 14.7. The third-order valence-corrected chi connectivity index (χ3v) is 3.86. The van der Waals surface area contributed by atoms with Crippen molar-refractivity contribution in [2.75, 3.05) is 25.4 Å². The lowest BCUT2D eigenvalue weighted by atomic mass is 9.85. The number of amides is 1. The van der Waals surface area contributed by atoms with Crippen LogP contribution in [0.4, 0.5) is 5.69 Å². The molecule has 1 saturated carbocycles. The van der Waals surface area contributed by atoms with E-state index in [4.69, 9.17) is 10.5 Å². The van der Waals surface area contributed by atoms with Gasteiger partial charge in [-0.05, 0) is 44.7 Å². The molecule has 0 bridgehead atoms. The van der Waals surface area contributed by atoms with Gasteiger partial charge >= 0.3 is 0 Å². The SMILES string of the molecule is CCOc1cc(N)cc(C(=O)N(CC)CC2CCC2)c1. The maximum Gasteiger partial charge on any atom is 0.254 e. The van der Waals surface area contributed by atoms with Crippen LogP contribution in [0.2, 0.25) is 0 Å². The highest BCUT2D eigenvalue weighted by Gasteiger charge is 2.23. The Bertz CT molecular complexity index is 470. The van der Waals surface area contributed by atoms with Crippen LogP contribution in [-0.2, 0) is 0 Å². The van der Waals surface area contributed by atoms with Crippen molar-refractivity contribution in [3.05, 3.63) is 23.8 Å². The molecule has 1 amide bonds. The summed E-state index contributed by atoms with van der Waals surface area (Å²) < 4.78 is 5.45. The molecule has 0 saturated heterocycles. The summed E-state index contributed by atoms with van der Waals surface area (Å²) in [5.41, 5.74) is 7.05. The molecule has 1 fully saturated rings. The van der Waals surface area contributed by atoms with Gasteiger partial charge in [0, 0.05) is 30.4 Å². The van der Waals surface area contributed by atoms with E-state index in [-0.39, 0.29) is 5.91 Å². The summed E-state index contributed by atoms with van der Waals surface area (Å²) in [4.78, 5) is 14.5. The summed E-state index contributed by atoms with van der Waals surface area (Å²) >= 11 is 0. The maximum absolute atomic E-state index is 12.6. The van der Waals surface area contributed by atoms with E-state index in [9.17, 15) is 4.79 Å². The van der Waals surface area contributed by atoms with Gasteiger partial charge in [-0.3, -0.25) is 4.79 Å². The minimum atomic E-state index is 0.0488. The second kappa shape index (κ2) is 6.64. The maximum atomic E-state index is 12.6. The molecular weight excluding hydrogens is 252 g/mol. The molecule has 1 aliphatic rings. The normalized spacial score (nSPS) is 14.7. The summed E-state index contributed by atoms with van der Waals surface area (Å²) in [6.07, 6.45) is 3.78. The fourth-order valence-corrected chi connectivity index (χ4v) is 2.52. The van der Waals surface area contributed by atoms with Crippen LogP contribution in [0.15, 0.2) is 18.2 Å². The van der Waals surface area contributed by atoms with E-state index in [1.807, 2.05) is 18.7 Å². The molecule has 2 rings (SSSR count). The highest BCUT2D eigenvalue weighted by molar-refractivity contribution is 5.95. The second-order valence-electron chi connectivity index (χ2n) is 5.36. The Balaban J connectivity index is 2.12. The van der Waals surface area contributed by atoms with Gasteiger partial charge in [0.2, 0.25) is 0 Å². The zero-order chi connectivity index (χ0) is 14.5. The minimum absolute atomic E-state index is 0.0488. The molecule has 0 heterocycles. The van der Waals surface area contributed by atoms with E-state index in [2.05, 4.69) is 0 Å². The third-order valence-electron chi connectivity index (χ3n) is 3.86. The van der Waals surface area contributed by atoms with Crippen LogP contribution in [0, 0.1) is 5.92 Å². The van der Waals surface area contributed by atoms with Crippen molar-refractivity contribution in [1.82, 2.24) is 4.90 Å². The molecule has 0 spiro atoms. The molecule has 4 heteroatoms. The largest absolute Gasteiger partial charge is 0.494 e. The van der Waals surface area contributed by atoms with Crippen LogP contribution < -0.4 is 10.5 Å². The van der Waals surface area contributed by atoms with E-state index in [1.54, 1.807) is 18.2 Å². The van der Waals surface area contributed by atoms with Crippen LogP contribution >= 0.6 is 0 Å². The van der Waals surface area contributed by atoms with Gasteiger partial charge in [0.15, 0.2) is 0 Å². The van der Waals surface area contributed by atoms with Gasteiger partial charge in [-0.25, -0.2) is 0 Å². The van der Waals surface area contributed by atoms with Crippen LogP contribution in [0.5, 0.6) is 5.75 Å². The number of hydrogen-bond donors (Lipinski definition) is 1. The fourth-order valence-electron chi connectivity index (χ4n) is 2.52. The van der Waals surface area contributed by atoms with Crippen LogP contribution in [-0.4, -0.2) is 30.5 Å². The molecular formula is C16H24N2O2. The molecule has 1 aromatic rings. The molecule has 0 unspecified atom stereocenters. The van der Waals surface area contributed by atoms with Gasteiger partial charge in [0.05, 0.1) is 6.61 Å². The first-order valence-corrected chi connectivity index (χ1v) is 7.46. The number of rotatable bonds is 6. The predicted octanol–water partition coefficient (Wildman–Crippen LogP) is 2.93. The fraction of sp³-hybridized carbons (Fsp3) is 0.562. The molecule has 0 radical (unpaired) electrons. The van der Waals surface area contributed by atoms with Gasteiger partial charge in [-0.2, -0.15) is 0 Å². The number of nitrogen functional groups attached to an aromatic ring is 1. The van der Waals surface area contributed by atoms with E-state index in [1.165, 1.54) is 19.3 Å². The zero-order valence-electron chi connectivity index (χ0n) is 12.4. The molecule has 110 valence electrons. The summed E-state index contributed by atoms with van der Waals surface area (Å²) in [6.45, 7) is 6.09. The van der Waals surface area contributed by atoms with Crippen LogP contribution in [0.1, 0.15) is 43.5 Å². The molecule has 0 aromatic heterocycles. The number of benzene rings is 1. The van der Waals surface area contributed by atoms with Crippen molar-refractivity contribution in [2.24, 2.45) is 5.92 Å². The lowest BCUT2D eigenvalue weighted by Crippen LogP contribution is -2.37. The van der Waals surface area contributed by atoms with E-state index >= 15 is 0 Å². The smallest absolute Gasteiger partial charge is 0.254 e. The molecule has 0 atom stereocenters. The van der Waals surface area contributed by atoms with E-state index in [0.717, 1.165) is 13.1 Å². The average Bonchev–Trinajstić information content (AvgIpc) is 2.37. The standard InChI is InChI=1S/C16H24N2O2/c1-3-18(11-12-6-5-7-12)16(19)13-8-14(17)10-15(9-13)20-4-2/h8-10,12H,3-7,11,17H2,1-2H3. The number of carbonyl (C=O) groups is 1. The van der Waals surface area contributed by atoms with Crippen molar-refractivity contribution in [1.29, 1.82) is 0 Å². The number of nitrogens with two attached hydrogens (primary N) is 1. The number of ether oxygens (including phenoxy) is 1. The lowest BCUT2D eigenvalue weighted by molar-refractivity contribution is 0.0706. The Morgan fingerprint density at radius 1 is 1.35 bits per heavy atom. The molecule has 1 aromatic carbocycles. The Morgan fingerprint density at radius 3 is 2.65 bits per heavy atom. The van der Waals surface area contributed by atoms with Crippen molar-refractivity contribution in [3.63, 3.8) is 0 Å². The number of hydrogen-bond acceptors (Lipinski definition) is 3. The highest BCUT2D eigenvalue weighted by Crippen LogP contribution is 2.28. The molecule has 1 aliphatic carbocycles. The summed E-state index contributed by atoms with van der Waals surface area (Å²) in [5, 5.41) is 0. The minimum Gasteiger partial charge on any atom is -0.494 e. The van der Waals surface area contributed by atoms with Gasteiger partial charge < -0.3 is 15.4 Å². The van der Waals surface area contributed by atoms with Gasteiger partial charge in [-0.1, -0.05) is 6.42 Å². The number of carbonyl (C=O) groups excluding carboxylic acids is 1. The Labute approximate surface area is 120 Å². The first-order chi connectivity index (χ1) is 9.63.